The molecule has 3 nitrogen and oxygen atoms in total. The molecule has 3 aromatic rings. The first kappa shape index (κ1) is 22.5. The third kappa shape index (κ3) is 6.35. The van der Waals surface area contributed by atoms with Crippen LogP contribution >= 0.6 is 12.4 Å². The van der Waals surface area contributed by atoms with Gasteiger partial charge in [0.25, 0.3) is 0 Å². The average molecular weight is 406 g/mol. The molecule has 0 bridgehead atoms. The number of hydrogen-bond donors (Lipinski definition) is 1. The Labute approximate surface area is 180 Å². The maximum absolute atomic E-state index is 8.75. The highest BCUT2D eigenvalue weighted by Crippen LogP contribution is 2.23. The van der Waals surface area contributed by atoms with Crippen molar-refractivity contribution in [2.24, 2.45) is 0 Å². The quantitative estimate of drug-likeness (QED) is 0.526. The summed E-state index contributed by atoms with van der Waals surface area (Å²) in [4.78, 5) is 2.11. The highest BCUT2D eigenvalue weighted by Gasteiger charge is 2.13. The summed E-state index contributed by atoms with van der Waals surface area (Å²) in [6.45, 7) is 3.65. The molecular formula is C25H28ClN3. The van der Waals surface area contributed by atoms with E-state index in [-0.39, 0.29) is 18.4 Å². The molecule has 1 N–H and O–H groups in total. The number of aryl methyl sites for hydroxylation is 1. The third-order valence-electron chi connectivity index (χ3n) is 4.99. The first-order valence-corrected chi connectivity index (χ1v) is 9.69. The Hall–Kier alpha value is -2.80. The number of halogens is 1. The van der Waals surface area contributed by atoms with Gasteiger partial charge in [-0.3, -0.25) is 0 Å². The van der Waals surface area contributed by atoms with Crippen LogP contribution in [0.3, 0.4) is 0 Å². The molecule has 0 saturated heterocycles. The van der Waals surface area contributed by atoms with E-state index in [9.17, 15) is 0 Å². The van der Waals surface area contributed by atoms with Crippen LogP contribution in [0.2, 0.25) is 0 Å². The zero-order valence-corrected chi connectivity index (χ0v) is 17.8. The molecular weight excluding hydrogens is 378 g/mol. The Morgan fingerprint density at radius 3 is 2.14 bits per heavy atom. The number of benzene rings is 3. The predicted molar refractivity (Wildman–Crippen MR) is 123 cm³/mol. The van der Waals surface area contributed by atoms with Gasteiger partial charge in [-0.2, -0.15) is 5.26 Å². The minimum absolute atomic E-state index is 0. The fourth-order valence-electron chi connectivity index (χ4n) is 3.27. The second kappa shape index (κ2) is 11.3. The zero-order chi connectivity index (χ0) is 19.8. The van der Waals surface area contributed by atoms with E-state index in [2.05, 4.69) is 102 Å². The number of nitrogens with one attached hydrogen (secondary N) is 1. The van der Waals surface area contributed by atoms with Crippen LogP contribution in [-0.2, 0) is 6.54 Å². The Balaban J connectivity index is 0.00000300. The largest absolute Gasteiger partial charge is 0.374 e. The minimum Gasteiger partial charge on any atom is -0.374 e. The number of hydrogen-bond acceptors (Lipinski definition) is 3. The summed E-state index contributed by atoms with van der Waals surface area (Å²) in [5.41, 5.74) is 6.18. The molecule has 0 amide bonds. The third-order valence-corrected chi connectivity index (χ3v) is 4.99. The predicted octanol–water partition coefficient (Wildman–Crippen LogP) is 5.65. The van der Waals surface area contributed by atoms with Gasteiger partial charge in [-0.15, -0.1) is 12.4 Å². The summed E-state index contributed by atoms with van der Waals surface area (Å²) in [7, 11) is 2.02. The van der Waals surface area contributed by atoms with Crippen molar-refractivity contribution in [2.45, 2.75) is 25.9 Å². The van der Waals surface area contributed by atoms with Gasteiger partial charge in [-0.25, -0.2) is 0 Å². The van der Waals surface area contributed by atoms with Gasteiger partial charge < -0.3 is 10.2 Å². The molecule has 3 rings (SSSR count). The van der Waals surface area contributed by atoms with Crippen molar-refractivity contribution in [1.29, 1.82) is 5.26 Å². The maximum Gasteiger partial charge on any atom is 0.0640 e. The summed E-state index contributed by atoms with van der Waals surface area (Å²) in [6, 6.07) is 30.2. The first-order valence-electron chi connectivity index (χ1n) is 9.69. The molecule has 0 aliphatic heterocycles. The van der Waals surface area contributed by atoms with E-state index in [1.165, 1.54) is 22.3 Å². The summed E-state index contributed by atoms with van der Waals surface area (Å²) >= 11 is 0. The fraction of sp³-hybridized carbons (Fsp3) is 0.240. The summed E-state index contributed by atoms with van der Waals surface area (Å²) in [5.74, 6) is 0. The second-order valence-corrected chi connectivity index (χ2v) is 7.13. The van der Waals surface area contributed by atoms with Gasteiger partial charge in [0, 0.05) is 25.8 Å². The van der Waals surface area contributed by atoms with Crippen molar-refractivity contribution in [3.8, 4) is 6.07 Å². The highest BCUT2D eigenvalue weighted by molar-refractivity contribution is 5.85. The molecule has 0 aromatic heterocycles. The van der Waals surface area contributed by atoms with E-state index in [1.54, 1.807) is 0 Å². The molecule has 0 radical (unpaired) electrons. The van der Waals surface area contributed by atoms with Gasteiger partial charge in [0.05, 0.1) is 18.5 Å². The van der Waals surface area contributed by atoms with Crippen LogP contribution in [0.1, 0.15) is 34.7 Å². The molecule has 1 atom stereocenters. The van der Waals surface area contributed by atoms with Crippen LogP contribution in [0.15, 0.2) is 78.9 Å². The van der Waals surface area contributed by atoms with E-state index >= 15 is 0 Å². The van der Waals surface area contributed by atoms with Crippen LogP contribution < -0.4 is 10.2 Å². The van der Waals surface area contributed by atoms with Crippen LogP contribution in [-0.4, -0.2) is 13.6 Å². The van der Waals surface area contributed by atoms with Crippen LogP contribution in [0, 0.1) is 18.3 Å². The molecule has 4 heteroatoms. The number of nitriles is 1. The average Bonchev–Trinajstić information content (AvgIpc) is 2.74. The molecule has 0 fully saturated rings. The molecule has 3 aromatic carbocycles. The summed E-state index contributed by atoms with van der Waals surface area (Å²) in [6.07, 6.45) is 0.537. The van der Waals surface area contributed by atoms with Crippen molar-refractivity contribution < 1.29 is 0 Å². The van der Waals surface area contributed by atoms with E-state index < -0.39 is 0 Å². The monoisotopic (exact) mass is 405 g/mol. The van der Waals surface area contributed by atoms with Gasteiger partial charge in [0.2, 0.25) is 0 Å². The van der Waals surface area contributed by atoms with Crippen LogP contribution in [0.25, 0.3) is 0 Å². The Morgan fingerprint density at radius 1 is 0.897 bits per heavy atom. The summed E-state index contributed by atoms with van der Waals surface area (Å²) in [5, 5.41) is 12.5. The summed E-state index contributed by atoms with van der Waals surface area (Å²) < 4.78 is 0. The molecule has 0 aliphatic rings. The minimum atomic E-state index is 0. The molecule has 29 heavy (non-hydrogen) atoms. The molecule has 150 valence electrons. The smallest absolute Gasteiger partial charge is 0.0640 e. The molecule has 1 unspecified atom stereocenters. The van der Waals surface area contributed by atoms with Crippen molar-refractivity contribution in [3.05, 3.63) is 101 Å². The van der Waals surface area contributed by atoms with Crippen molar-refractivity contribution in [1.82, 2.24) is 5.32 Å². The van der Waals surface area contributed by atoms with E-state index in [4.69, 9.17) is 5.26 Å². The van der Waals surface area contributed by atoms with E-state index in [1.807, 2.05) is 7.05 Å². The Kier molecular flexibility index (Phi) is 8.73. The Bertz CT molecular complexity index is 900. The maximum atomic E-state index is 8.75. The lowest BCUT2D eigenvalue weighted by Crippen LogP contribution is -2.22. The van der Waals surface area contributed by atoms with Crippen LogP contribution in [0.4, 0.5) is 5.69 Å². The molecule has 0 aliphatic carbocycles. The lowest BCUT2D eigenvalue weighted by molar-refractivity contribution is 0.605. The first-order chi connectivity index (χ1) is 13.7. The van der Waals surface area contributed by atoms with Crippen molar-refractivity contribution >= 4 is 18.1 Å². The standard InChI is InChI=1S/C25H27N3.ClH/c1-20-9-13-23(14-10-20)25(22-7-4-3-5-8-22)27-19-21-11-15-24(16-12-21)28(2)18-6-17-26;/h3-5,7-16,25,27H,6,18-19H2,1-2H3;1H. The number of rotatable bonds is 8. The topological polar surface area (TPSA) is 39.1 Å². The van der Waals surface area contributed by atoms with Gasteiger partial charge in [0.1, 0.15) is 0 Å². The zero-order valence-electron chi connectivity index (χ0n) is 17.0. The van der Waals surface area contributed by atoms with Crippen LogP contribution in [0.5, 0.6) is 0 Å². The molecule has 0 saturated carbocycles. The highest BCUT2D eigenvalue weighted by atomic mass is 35.5. The normalized spacial score (nSPS) is 11.2. The second-order valence-electron chi connectivity index (χ2n) is 7.13. The van der Waals surface area contributed by atoms with Crippen molar-refractivity contribution in [2.75, 3.05) is 18.5 Å². The van der Waals surface area contributed by atoms with Crippen molar-refractivity contribution in [3.63, 3.8) is 0 Å². The van der Waals surface area contributed by atoms with E-state index in [0.717, 1.165) is 18.8 Å². The molecule has 0 spiro atoms. The van der Waals surface area contributed by atoms with Gasteiger partial charge in [0.15, 0.2) is 0 Å². The Morgan fingerprint density at radius 2 is 1.52 bits per heavy atom. The molecule has 0 heterocycles. The lowest BCUT2D eigenvalue weighted by atomic mass is 9.97. The number of nitrogens with zero attached hydrogens (tertiary/aromatic N) is 2. The van der Waals surface area contributed by atoms with Gasteiger partial charge >= 0.3 is 0 Å². The number of anilines is 1. The SMILES string of the molecule is Cc1ccc(C(NCc2ccc(N(C)CCC#N)cc2)c2ccccc2)cc1.Cl. The van der Waals surface area contributed by atoms with Gasteiger partial charge in [-0.05, 0) is 35.7 Å². The fourth-order valence-corrected chi connectivity index (χ4v) is 3.27. The van der Waals surface area contributed by atoms with Gasteiger partial charge in [-0.1, -0.05) is 72.3 Å². The lowest BCUT2D eigenvalue weighted by Gasteiger charge is -2.21. The van der Waals surface area contributed by atoms with E-state index in [0.29, 0.717) is 6.42 Å².